The number of rotatable bonds is 5. The third kappa shape index (κ3) is 3.70. The molecule has 0 atom stereocenters. The number of anilines is 1. The Morgan fingerprint density at radius 2 is 1.96 bits per heavy atom. The monoisotopic (exact) mass is 404 g/mol. The van der Waals surface area contributed by atoms with Crippen molar-refractivity contribution in [2.75, 3.05) is 11.1 Å². The zero-order valence-corrected chi connectivity index (χ0v) is 17.0. The maximum Gasteiger partial charge on any atom is 0.332 e. The summed E-state index contributed by atoms with van der Waals surface area (Å²) in [5.41, 5.74) is -0.716. The SMILES string of the molecule is Cc1cc(NC(=O)CSc2nc(C(C)C)nc3c2c(=O)n(C)c(=O)n3C)no1. The molecule has 0 bridgehead atoms. The number of amides is 1. The zero-order valence-electron chi connectivity index (χ0n) is 16.1. The summed E-state index contributed by atoms with van der Waals surface area (Å²) >= 11 is 1.10. The molecule has 0 radical (unpaired) electrons. The van der Waals surface area contributed by atoms with Crippen LogP contribution in [-0.2, 0) is 18.9 Å². The van der Waals surface area contributed by atoms with E-state index in [1.807, 2.05) is 13.8 Å². The fourth-order valence-electron chi connectivity index (χ4n) is 2.55. The average Bonchev–Trinajstić information content (AvgIpc) is 3.06. The van der Waals surface area contributed by atoms with Crippen molar-refractivity contribution >= 4 is 34.5 Å². The van der Waals surface area contributed by atoms with Gasteiger partial charge in [0.1, 0.15) is 22.0 Å². The minimum atomic E-state index is -0.497. The van der Waals surface area contributed by atoms with Crippen LogP contribution in [0.4, 0.5) is 5.82 Å². The number of nitrogens with one attached hydrogen (secondary N) is 1. The van der Waals surface area contributed by atoms with Crippen LogP contribution < -0.4 is 16.6 Å². The zero-order chi connectivity index (χ0) is 20.6. The van der Waals surface area contributed by atoms with Crippen molar-refractivity contribution in [1.29, 1.82) is 0 Å². The molecule has 3 aromatic rings. The van der Waals surface area contributed by atoms with Gasteiger partial charge in [-0.15, -0.1) is 0 Å². The summed E-state index contributed by atoms with van der Waals surface area (Å²) in [6.07, 6.45) is 0. The van der Waals surface area contributed by atoms with Crippen molar-refractivity contribution in [2.45, 2.75) is 31.7 Å². The van der Waals surface area contributed by atoms with E-state index in [1.54, 1.807) is 20.0 Å². The first-order valence-corrected chi connectivity index (χ1v) is 9.51. The maximum atomic E-state index is 12.7. The van der Waals surface area contributed by atoms with Gasteiger partial charge in [-0.2, -0.15) is 0 Å². The number of carbonyl (C=O) groups is 1. The predicted molar refractivity (Wildman–Crippen MR) is 105 cm³/mol. The molecule has 11 heteroatoms. The number of fused-ring (bicyclic) bond motifs is 1. The van der Waals surface area contributed by atoms with Gasteiger partial charge in [-0.05, 0) is 6.92 Å². The van der Waals surface area contributed by atoms with Crippen LogP contribution in [0.5, 0.6) is 0 Å². The van der Waals surface area contributed by atoms with Crippen LogP contribution in [0.15, 0.2) is 25.2 Å². The van der Waals surface area contributed by atoms with Gasteiger partial charge in [0.15, 0.2) is 11.5 Å². The number of hydrogen-bond acceptors (Lipinski definition) is 8. The highest BCUT2D eigenvalue weighted by atomic mass is 32.2. The molecule has 0 aliphatic heterocycles. The number of aryl methyl sites for hydroxylation is 2. The van der Waals surface area contributed by atoms with E-state index >= 15 is 0 Å². The first-order chi connectivity index (χ1) is 13.2. The molecule has 148 valence electrons. The highest BCUT2D eigenvalue weighted by Gasteiger charge is 2.19. The van der Waals surface area contributed by atoms with Crippen LogP contribution in [0.2, 0.25) is 0 Å². The Morgan fingerprint density at radius 1 is 1.25 bits per heavy atom. The molecule has 0 saturated carbocycles. The molecular formula is C17H20N6O4S. The quantitative estimate of drug-likeness (QED) is 0.496. The summed E-state index contributed by atoms with van der Waals surface area (Å²) in [4.78, 5) is 46.0. The summed E-state index contributed by atoms with van der Waals surface area (Å²) in [6.45, 7) is 5.54. The summed E-state index contributed by atoms with van der Waals surface area (Å²) in [6, 6.07) is 1.60. The van der Waals surface area contributed by atoms with E-state index in [9.17, 15) is 14.4 Å². The first-order valence-electron chi connectivity index (χ1n) is 8.52. The number of carbonyl (C=O) groups excluding carboxylic acids is 1. The first kappa shape index (κ1) is 19.8. The average molecular weight is 404 g/mol. The molecule has 0 fully saturated rings. The molecule has 3 heterocycles. The molecular weight excluding hydrogens is 384 g/mol. The molecule has 0 aliphatic rings. The lowest BCUT2D eigenvalue weighted by Gasteiger charge is -2.13. The van der Waals surface area contributed by atoms with Crippen molar-refractivity contribution in [1.82, 2.24) is 24.3 Å². The molecule has 0 aliphatic carbocycles. The third-order valence-corrected chi connectivity index (χ3v) is 5.01. The lowest BCUT2D eigenvalue weighted by Crippen LogP contribution is -2.38. The standard InChI is InChI=1S/C17H20N6O4S/c1-8(2)13-19-14-12(16(25)23(5)17(26)22(14)4)15(20-13)28-7-11(24)18-10-6-9(3)27-21-10/h6,8H,7H2,1-5H3,(H,18,21,24). The van der Waals surface area contributed by atoms with Gasteiger partial charge in [0.25, 0.3) is 5.56 Å². The normalized spacial score (nSPS) is 11.4. The van der Waals surface area contributed by atoms with Gasteiger partial charge in [-0.1, -0.05) is 30.8 Å². The van der Waals surface area contributed by atoms with Gasteiger partial charge in [0, 0.05) is 26.1 Å². The largest absolute Gasteiger partial charge is 0.360 e. The minimum absolute atomic E-state index is 0.00154. The fraction of sp³-hybridized carbons (Fsp3) is 0.412. The van der Waals surface area contributed by atoms with E-state index in [1.165, 1.54) is 11.6 Å². The van der Waals surface area contributed by atoms with Gasteiger partial charge < -0.3 is 9.84 Å². The molecule has 28 heavy (non-hydrogen) atoms. The van der Waals surface area contributed by atoms with Crippen molar-refractivity contribution in [2.24, 2.45) is 14.1 Å². The molecule has 0 spiro atoms. The van der Waals surface area contributed by atoms with Crippen LogP contribution in [-0.4, -0.2) is 35.9 Å². The van der Waals surface area contributed by atoms with Gasteiger partial charge in [-0.25, -0.2) is 14.8 Å². The molecule has 3 rings (SSSR count). The van der Waals surface area contributed by atoms with E-state index in [0.29, 0.717) is 22.4 Å². The maximum absolute atomic E-state index is 12.7. The Hall–Kier alpha value is -2.95. The Labute approximate surface area is 164 Å². The Bertz CT molecular complexity index is 1180. The fourth-order valence-corrected chi connectivity index (χ4v) is 3.37. The number of aromatic nitrogens is 5. The minimum Gasteiger partial charge on any atom is -0.360 e. The smallest absolute Gasteiger partial charge is 0.332 e. The van der Waals surface area contributed by atoms with Crippen LogP contribution in [0.25, 0.3) is 11.0 Å². The van der Waals surface area contributed by atoms with Crippen LogP contribution >= 0.6 is 11.8 Å². The highest BCUT2D eigenvalue weighted by molar-refractivity contribution is 8.00. The molecule has 0 aromatic carbocycles. The molecule has 1 N–H and O–H groups in total. The van der Waals surface area contributed by atoms with E-state index in [0.717, 1.165) is 16.3 Å². The van der Waals surface area contributed by atoms with Gasteiger partial charge in [-0.3, -0.25) is 18.7 Å². The number of hydrogen-bond donors (Lipinski definition) is 1. The topological polar surface area (TPSA) is 125 Å². The van der Waals surface area contributed by atoms with E-state index in [4.69, 9.17) is 4.52 Å². The van der Waals surface area contributed by atoms with Crippen molar-refractivity contribution < 1.29 is 9.32 Å². The van der Waals surface area contributed by atoms with Gasteiger partial charge in [0.2, 0.25) is 5.91 Å². The highest BCUT2D eigenvalue weighted by Crippen LogP contribution is 2.24. The van der Waals surface area contributed by atoms with Crippen LogP contribution in [0.3, 0.4) is 0 Å². The molecule has 1 amide bonds. The summed E-state index contributed by atoms with van der Waals surface area (Å²) in [5, 5.41) is 6.90. The number of thioether (sulfide) groups is 1. The Balaban J connectivity index is 2.00. The van der Waals surface area contributed by atoms with Gasteiger partial charge >= 0.3 is 5.69 Å². The van der Waals surface area contributed by atoms with Crippen molar-refractivity contribution in [3.05, 3.63) is 38.5 Å². The lowest BCUT2D eigenvalue weighted by molar-refractivity contribution is -0.113. The molecule has 3 aromatic heterocycles. The third-order valence-electron chi connectivity index (χ3n) is 4.04. The lowest BCUT2D eigenvalue weighted by atomic mass is 10.2. The number of nitrogens with zero attached hydrogens (tertiary/aromatic N) is 5. The summed E-state index contributed by atoms with van der Waals surface area (Å²) in [7, 11) is 2.95. The Morgan fingerprint density at radius 3 is 2.57 bits per heavy atom. The Kier molecular flexibility index (Phi) is 5.36. The molecule has 10 nitrogen and oxygen atoms in total. The molecule has 0 unspecified atom stereocenters. The second-order valence-electron chi connectivity index (χ2n) is 6.61. The van der Waals surface area contributed by atoms with Crippen LogP contribution in [0.1, 0.15) is 31.4 Å². The van der Waals surface area contributed by atoms with E-state index in [2.05, 4.69) is 20.4 Å². The van der Waals surface area contributed by atoms with Gasteiger partial charge in [0.05, 0.1) is 5.75 Å². The summed E-state index contributed by atoms with van der Waals surface area (Å²) < 4.78 is 7.23. The van der Waals surface area contributed by atoms with Crippen molar-refractivity contribution in [3.63, 3.8) is 0 Å². The summed E-state index contributed by atoms with van der Waals surface area (Å²) in [5.74, 6) is 1.05. The molecule has 0 saturated heterocycles. The van der Waals surface area contributed by atoms with Crippen molar-refractivity contribution in [3.8, 4) is 0 Å². The second kappa shape index (κ2) is 7.58. The van der Waals surface area contributed by atoms with E-state index < -0.39 is 11.2 Å². The van der Waals surface area contributed by atoms with E-state index in [-0.39, 0.29) is 28.6 Å². The second-order valence-corrected chi connectivity index (χ2v) is 7.57. The predicted octanol–water partition coefficient (Wildman–Crippen LogP) is 1.18. The van der Waals surface area contributed by atoms with Crippen LogP contribution in [0, 0.1) is 6.92 Å².